The van der Waals surface area contributed by atoms with Crippen LogP contribution in [0.4, 0.5) is 0 Å². The van der Waals surface area contributed by atoms with Crippen molar-refractivity contribution in [2.45, 2.75) is 24.5 Å². The van der Waals surface area contributed by atoms with Gasteiger partial charge in [-0.25, -0.2) is 4.79 Å². The van der Waals surface area contributed by atoms with Crippen molar-refractivity contribution in [2.24, 2.45) is 0 Å². The Balaban J connectivity index is 2.35. The molecule has 1 fully saturated rings. The Kier molecular flexibility index (Phi) is 3.48. The first-order valence-corrected chi connectivity index (χ1v) is 6.06. The fourth-order valence-electron chi connectivity index (χ4n) is 1.71. The molecule has 94 valence electrons. The fraction of sp³-hybridized carbons (Fsp3) is 0.556. The van der Waals surface area contributed by atoms with Gasteiger partial charge in [0.1, 0.15) is 12.2 Å². The number of alkyl halides is 1. The first-order chi connectivity index (χ1) is 8.04. The number of aromatic amines is 1. The van der Waals surface area contributed by atoms with Gasteiger partial charge in [-0.2, -0.15) is 0 Å². The lowest BCUT2D eigenvalue weighted by atomic mass is 10.1. The van der Waals surface area contributed by atoms with Crippen molar-refractivity contribution in [1.29, 1.82) is 0 Å². The highest BCUT2D eigenvalue weighted by atomic mass is 79.9. The number of nitrogens with one attached hydrogen (secondary N) is 1. The van der Waals surface area contributed by atoms with Gasteiger partial charge in [-0.15, -0.1) is 0 Å². The molecule has 1 saturated heterocycles. The molecule has 2 rings (SSSR count). The van der Waals surface area contributed by atoms with Gasteiger partial charge in [0.2, 0.25) is 0 Å². The molecular weight excluding hydrogens is 296 g/mol. The summed E-state index contributed by atoms with van der Waals surface area (Å²) in [6.45, 7) is 0. The molecule has 8 heteroatoms. The first-order valence-electron chi connectivity index (χ1n) is 4.93. The number of ether oxygens (including phenoxy) is 1. The summed E-state index contributed by atoms with van der Waals surface area (Å²) in [5.74, 6) is 0. The summed E-state index contributed by atoms with van der Waals surface area (Å²) in [6.07, 6.45) is -2.69. The van der Waals surface area contributed by atoms with E-state index in [0.29, 0.717) is 5.33 Å². The smallest absolute Gasteiger partial charge is 0.330 e. The molecule has 4 atom stereocenters. The van der Waals surface area contributed by atoms with Gasteiger partial charge >= 0.3 is 5.69 Å². The minimum Gasteiger partial charge on any atom is -0.387 e. The van der Waals surface area contributed by atoms with Crippen molar-refractivity contribution < 1.29 is 14.9 Å². The molecular formula is C9H11BrN2O5. The first kappa shape index (κ1) is 12.5. The maximum Gasteiger partial charge on any atom is 0.330 e. The van der Waals surface area contributed by atoms with Crippen molar-refractivity contribution in [2.75, 3.05) is 5.33 Å². The van der Waals surface area contributed by atoms with Crippen molar-refractivity contribution in [1.82, 2.24) is 9.55 Å². The van der Waals surface area contributed by atoms with Crippen LogP contribution in [0.25, 0.3) is 0 Å². The summed E-state index contributed by atoms with van der Waals surface area (Å²) in [6, 6.07) is 1.14. The van der Waals surface area contributed by atoms with E-state index in [4.69, 9.17) is 4.74 Å². The number of rotatable bonds is 2. The summed E-state index contributed by atoms with van der Waals surface area (Å²) in [7, 11) is 0. The predicted octanol–water partition coefficient (Wildman–Crippen LogP) is -1.45. The number of nitrogens with zero attached hydrogens (tertiary/aromatic N) is 1. The fourth-order valence-corrected chi connectivity index (χ4v) is 2.25. The number of hydrogen-bond acceptors (Lipinski definition) is 5. The van der Waals surface area contributed by atoms with E-state index in [1.807, 2.05) is 0 Å². The topological polar surface area (TPSA) is 105 Å². The van der Waals surface area contributed by atoms with Crippen LogP contribution in [0.5, 0.6) is 0 Å². The molecule has 0 bridgehead atoms. The Bertz CT molecular complexity index is 513. The molecule has 1 aliphatic heterocycles. The second-order valence-corrected chi connectivity index (χ2v) is 4.37. The molecule has 1 aliphatic rings. The summed E-state index contributed by atoms with van der Waals surface area (Å²) in [5, 5.41) is 19.7. The molecule has 0 saturated carbocycles. The van der Waals surface area contributed by atoms with E-state index >= 15 is 0 Å². The van der Waals surface area contributed by atoms with Crippen LogP contribution in [0, 0.1) is 0 Å². The Morgan fingerprint density at radius 3 is 2.65 bits per heavy atom. The summed E-state index contributed by atoms with van der Waals surface area (Å²) < 4.78 is 6.38. The zero-order chi connectivity index (χ0) is 12.6. The van der Waals surface area contributed by atoms with Crippen LogP contribution >= 0.6 is 15.9 Å². The average molecular weight is 307 g/mol. The van der Waals surface area contributed by atoms with Crippen molar-refractivity contribution in [3.05, 3.63) is 33.1 Å². The van der Waals surface area contributed by atoms with E-state index in [9.17, 15) is 19.8 Å². The van der Waals surface area contributed by atoms with E-state index in [0.717, 1.165) is 10.6 Å². The Morgan fingerprint density at radius 1 is 1.41 bits per heavy atom. The maximum absolute atomic E-state index is 11.5. The van der Waals surface area contributed by atoms with Gasteiger partial charge < -0.3 is 14.9 Å². The molecule has 7 nitrogen and oxygen atoms in total. The normalized spacial score (nSPS) is 32.9. The highest BCUT2D eigenvalue weighted by Crippen LogP contribution is 2.28. The highest BCUT2D eigenvalue weighted by molar-refractivity contribution is 9.09. The van der Waals surface area contributed by atoms with Gasteiger partial charge in [0.15, 0.2) is 6.23 Å². The third-order valence-electron chi connectivity index (χ3n) is 2.61. The van der Waals surface area contributed by atoms with Crippen LogP contribution in [-0.2, 0) is 4.74 Å². The third-order valence-corrected chi connectivity index (χ3v) is 3.25. The lowest BCUT2D eigenvalue weighted by molar-refractivity contribution is -0.0338. The zero-order valence-electron chi connectivity index (χ0n) is 8.62. The molecule has 1 aromatic rings. The van der Waals surface area contributed by atoms with Gasteiger partial charge in [0.05, 0.1) is 6.10 Å². The van der Waals surface area contributed by atoms with Gasteiger partial charge in [-0.3, -0.25) is 14.3 Å². The quantitative estimate of drug-likeness (QED) is 0.580. The van der Waals surface area contributed by atoms with E-state index in [-0.39, 0.29) is 0 Å². The van der Waals surface area contributed by atoms with Gasteiger partial charge in [-0.05, 0) is 0 Å². The van der Waals surface area contributed by atoms with Crippen LogP contribution in [0.3, 0.4) is 0 Å². The minimum atomic E-state index is -1.22. The second-order valence-electron chi connectivity index (χ2n) is 3.72. The monoisotopic (exact) mass is 306 g/mol. The largest absolute Gasteiger partial charge is 0.387 e. The lowest BCUT2D eigenvalue weighted by Gasteiger charge is -2.16. The van der Waals surface area contributed by atoms with Gasteiger partial charge in [0, 0.05) is 17.6 Å². The van der Waals surface area contributed by atoms with E-state index in [2.05, 4.69) is 20.9 Å². The Morgan fingerprint density at radius 2 is 2.12 bits per heavy atom. The Hall–Kier alpha value is -0.960. The number of H-pyrrole nitrogens is 1. The number of aliphatic hydroxyl groups excluding tert-OH is 2. The molecule has 1 aromatic heterocycles. The van der Waals surface area contributed by atoms with E-state index < -0.39 is 35.8 Å². The molecule has 2 unspecified atom stereocenters. The molecule has 17 heavy (non-hydrogen) atoms. The third kappa shape index (κ3) is 2.21. The number of halogens is 1. The zero-order valence-corrected chi connectivity index (χ0v) is 10.2. The van der Waals surface area contributed by atoms with Crippen LogP contribution in [0.2, 0.25) is 0 Å². The highest BCUT2D eigenvalue weighted by Gasteiger charge is 2.43. The summed E-state index contributed by atoms with van der Waals surface area (Å²) >= 11 is 3.13. The number of hydrogen-bond donors (Lipinski definition) is 3. The van der Waals surface area contributed by atoms with Gasteiger partial charge in [0.25, 0.3) is 5.56 Å². The summed E-state index contributed by atoms with van der Waals surface area (Å²) in [5.41, 5.74) is -1.22. The van der Waals surface area contributed by atoms with Crippen LogP contribution in [0.15, 0.2) is 21.9 Å². The lowest BCUT2D eigenvalue weighted by Crippen LogP contribution is -2.37. The Labute approximate surface area is 104 Å². The van der Waals surface area contributed by atoms with Crippen LogP contribution in [-0.4, -0.2) is 43.4 Å². The molecule has 0 spiro atoms. The summed E-state index contributed by atoms with van der Waals surface area (Å²) in [4.78, 5) is 24.4. The molecule has 3 N–H and O–H groups in total. The molecule has 0 radical (unpaired) electrons. The average Bonchev–Trinajstić information content (AvgIpc) is 2.57. The SMILES string of the molecule is O=c1ccn([C@H]2O[C@@H](CBr)C(O)C2O)c(=O)[nH]1. The maximum atomic E-state index is 11.5. The van der Waals surface area contributed by atoms with Gasteiger partial charge in [-0.1, -0.05) is 15.9 Å². The second kappa shape index (κ2) is 4.73. The molecule has 0 aromatic carbocycles. The molecule has 2 heterocycles. The predicted molar refractivity (Wildman–Crippen MR) is 61.0 cm³/mol. The number of aliphatic hydroxyl groups is 2. The standard InChI is InChI=1S/C9H11BrN2O5/c10-3-4-6(14)7(15)8(17-4)12-2-1-5(13)11-9(12)16/h1-2,4,6-8,14-15H,3H2,(H,11,13,16)/t4-,6?,7?,8-/m0/s1. The molecule has 0 aliphatic carbocycles. The van der Waals surface area contributed by atoms with Crippen LogP contribution in [0.1, 0.15) is 6.23 Å². The van der Waals surface area contributed by atoms with Crippen molar-refractivity contribution >= 4 is 15.9 Å². The number of aromatic nitrogens is 2. The van der Waals surface area contributed by atoms with Crippen LogP contribution < -0.4 is 11.2 Å². The minimum absolute atomic E-state index is 0.333. The van der Waals surface area contributed by atoms with E-state index in [1.165, 1.54) is 6.20 Å². The van der Waals surface area contributed by atoms with Crippen molar-refractivity contribution in [3.8, 4) is 0 Å². The molecule has 0 amide bonds. The van der Waals surface area contributed by atoms with E-state index in [1.54, 1.807) is 0 Å². The van der Waals surface area contributed by atoms with Crippen molar-refractivity contribution in [3.63, 3.8) is 0 Å².